The summed E-state index contributed by atoms with van der Waals surface area (Å²) in [6, 6.07) is 5.54. The number of rotatable bonds is 3. The van der Waals surface area contributed by atoms with E-state index in [1.807, 2.05) is 26.0 Å². The quantitative estimate of drug-likeness (QED) is 0.783. The van der Waals surface area contributed by atoms with E-state index in [1.54, 1.807) is 13.0 Å². The van der Waals surface area contributed by atoms with Crippen LogP contribution in [0.2, 0.25) is 5.02 Å². The highest BCUT2D eigenvalue weighted by atomic mass is 35.5. The maximum atomic E-state index is 13.1. The number of amides is 1. The van der Waals surface area contributed by atoms with Gasteiger partial charge in [0.05, 0.1) is 16.9 Å². The number of benzene rings is 1. The van der Waals surface area contributed by atoms with Gasteiger partial charge in [0.1, 0.15) is 5.76 Å². The van der Waals surface area contributed by atoms with Gasteiger partial charge in [-0.15, -0.1) is 0 Å². The third-order valence-electron chi connectivity index (χ3n) is 6.03. The van der Waals surface area contributed by atoms with Crippen molar-refractivity contribution in [2.45, 2.75) is 33.6 Å². The van der Waals surface area contributed by atoms with Crippen LogP contribution in [0.15, 0.2) is 22.6 Å². The van der Waals surface area contributed by atoms with Crippen LogP contribution < -0.4 is 10.2 Å². The molecule has 1 N–H and O–H groups in total. The number of carbonyl (C=O) groups excluding carboxylic acids is 2. The van der Waals surface area contributed by atoms with Crippen molar-refractivity contribution >= 4 is 34.7 Å². The van der Waals surface area contributed by atoms with Gasteiger partial charge in [0.2, 0.25) is 0 Å². The van der Waals surface area contributed by atoms with E-state index in [2.05, 4.69) is 22.2 Å². The number of Topliss-reactive ketones (excluding diaryl/α,β-unsaturated/α-hetero) is 1. The van der Waals surface area contributed by atoms with Crippen LogP contribution in [0.4, 0.5) is 11.4 Å². The fourth-order valence-electron chi connectivity index (χ4n) is 4.41. The molecule has 2 aromatic rings. The van der Waals surface area contributed by atoms with E-state index in [4.69, 9.17) is 16.0 Å². The average Bonchev–Trinajstić information content (AvgIpc) is 2.98. The predicted molar refractivity (Wildman–Crippen MR) is 119 cm³/mol. The van der Waals surface area contributed by atoms with Gasteiger partial charge in [-0.1, -0.05) is 25.4 Å². The highest BCUT2D eigenvalue weighted by Gasteiger charge is 2.37. The first kappa shape index (κ1) is 20.9. The molecular weight excluding hydrogens is 402 g/mol. The van der Waals surface area contributed by atoms with Crippen LogP contribution in [0.1, 0.15) is 52.5 Å². The second-order valence-electron chi connectivity index (χ2n) is 9.20. The van der Waals surface area contributed by atoms with Crippen LogP contribution in [-0.2, 0) is 6.42 Å². The fourth-order valence-corrected chi connectivity index (χ4v) is 4.58. The number of halogens is 1. The summed E-state index contributed by atoms with van der Waals surface area (Å²) in [7, 11) is 2.10. The van der Waals surface area contributed by atoms with Gasteiger partial charge in [-0.2, -0.15) is 0 Å². The van der Waals surface area contributed by atoms with Crippen molar-refractivity contribution < 1.29 is 14.0 Å². The Morgan fingerprint density at radius 3 is 2.57 bits per heavy atom. The zero-order valence-electron chi connectivity index (χ0n) is 18.0. The van der Waals surface area contributed by atoms with Gasteiger partial charge in [-0.25, -0.2) is 0 Å². The molecule has 0 saturated carbocycles. The standard InChI is InChI=1S/C23H28ClN3O3/c1-14-20-18(28)12-23(2,3)13-19(20)30-21(14)22(29)25-16-11-15(24)5-6-17(16)27-9-7-26(4)8-10-27/h5-6,11H,7-10,12-13H2,1-4H3,(H,25,29). The van der Waals surface area contributed by atoms with Gasteiger partial charge in [0.25, 0.3) is 5.91 Å². The molecule has 4 rings (SSSR count). The molecule has 0 spiro atoms. The van der Waals surface area contributed by atoms with Crippen LogP contribution in [0.5, 0.6) is 0 Å². The summed E-state index contributed by atoms with van der Waals surface area (Å²) in [5.74, 6) is 0.507. The van der Waals surface area contributed by atoms with Crippen molar-refractivity contribution in [2.24, 2.45) is 5.41 Å². The number of nitrogens with zero attached hydrogens (tertiary/aromatic N) is 2. The topological polar surface area (TPSA) is 65.8 Å². The first-order chi connectivity index (χ1) is 14.1. The lowest BCUT2D eigenvalue weighted by atomic mass is 9.76. The van der Waals surface area contributed by atoms with Gasteiger partial charge in [-0.05, 0) is 37.6 Å². The number of likely N-dealkylation sites (N-methyl/N-ethyl adjacent to an activating group) is 1. The van der Waals surface area contributed by atoms with Crippen LogP contribution in [0.3, 0.4) is 0 Å². The number of piperazine rings is 1. The van der Waals surface area contributed by atoms with Gasteiger partial charge < -0.3 is 19.5 Å². The van der Waals surface area contributed by atoms with E-state index in [1.165, 1.54) is 0 Å². The molecule has 6 nitrogen and oxygen atoms in total. The molecule has 7 heteroatoms. The molecule has 1 aliphatic carbocycles. The molecule has 1 aromatic carbocycles. The Kier molecular flexibility index (Phi) is 5.41. The van der Waals surface area contributed by atoms with Crippen LogP contribution in [0.25, 0.3) is 0 Å². The number of fused-ring (bicyclic) bond motifs is 1. The van der Waals surface area contributed by atoms with E-state index in [-0.39, 0.29) is 22.9 Å². The van der Waals surface area contributed by atoms with E-state index in [9.17, 15) is 9.59 Å². The van der Waals surface area contributed by atoms with Crippen LogP contribution in [0, 0.1) is 12.3 Å². The molecule has 1 amide bonds. The first-order valence-corrected chi connectivity index (χ1v) is 10.7. The SMILES string of the molecule is Cc1c(C(=O)Nc2cc(Cl)ccc2N2CCN(C)CC2)oc2c1C(=O)CC(C)(C)C2. The Labute approximate surface area is 182 Å². The summed E-state index contributed by atoms with van der Waals surface area (Å²) in [6.45, 7) is 9.53. The molecule has 1 aliphatic heterocycles. The predicted octanol–water partition coefficient (Wildman–Crippen LogP) is 4.40. The number of hydrogen-bond donors (Lipinski definition) is 1. The Bertz CT molecular complexity index is 1000. The molecule has 30 heavy (non-hydrogen) atoms. The van der Waals surface area contributed by atoms with Gasteiger partial charge in [0, 0.05) is 49.6 Å². The number of hydrogen-bond acceptors (Lipinski definition) is 5. The second kappa shape index (κ2) is 7.75. The average molecular weight is 430 g/mol. The van der Waals surface area contributed by atoms with Crippen molar-refractivity contribution in [1.29, 1.82) is 0 Å². The molecule has 2 aliphatic rings. The number of anilines is 2. The molecule has 1 aromatic heterocycles. The van der Waals surface area contributed by atoms with E-state index >= 15 is 0 Å². The molecule has 1 fully saturated rings. The number of carbonyl (C=O) groups is 2. The molecule has 0 unspecified atom stereocenters. The Morgan fingerprint density at radius 2 is 1.87 bits per heavy atom. The summed E-state index contributed by atoms with van der Waals surface area (Å²) < 4.78 is 5.92. The van der Waals surface area contributed by atoms with Crippen molar-refractivity contribution in [1.82, 2.24) is 4.90 Å². The minimum Gasteiger partial charge on any atom is -0.455 e. The summed E-state index contributed by atoms with van der Waals surface area (Å²) in [5, 5.41) is 3.53. The van der Waals surface area contributed by atoms with Gasteiger partial charge in [0.15, 0.2) is 11.5 Å². The smallest absolute Gasteiger partial charge is 0.291 e. The Morgan fingerprint density at radius 1 is 1.17 bits per heavy atom. The lowest BCUT2D eigenvalue weighted by Gasteiger charge is -2.35. The highest BCUT2D eigenvalue weighted by molar-refractivity contribution is 6.31. The van der Waals surface area contributed by atoms with Gasteiger partial charge >= 0.3 is 0 Å². The van der Waals surface area contributed by atoms with Crippen LogP contribution in [-0.4, -0.2) is 49.8 Å². The zero-order chi connectivity index (χ0) is 21.6. The molecule has 2 heterocycles. The molecule has 1 saturated heterocycles. The first-order valence-electron chi connectivity index (χ1n) is 10.3. The van der Waals surface area contributed by atoms with Crippen LogP contribution >= 0.6 is 11.6 Å². The van der Waals surface area contributed by atoms with E-state index < -0.39 is 0 Å². The largest absolute Gasteiger partial charge is 0.455 e. The monoisotopic (exact) mass is 429 g/mol. The van der Waals surface area contributed by atoms with Crippen molar-refractivity contribution in [3.05, 3.63) is 45.9 Å². The molecular formula is C23H28ClN3O3. The molecule has 160 valence electrons. The summed E-state index contributed by atoms with van der Waals surface area (Å²) in [5.41, 5.74) is 2.62. The van der Waals surface area contributed by atoms with Crippen molar-refractivity contribution in [3.63, 3.8) is 0 Å². The number of furan rings is 1. The lowest BCUT2D eigenvalue weighted by Crippen LogP contribution is -2.44. The van der Waals surface area contributed by atoms with Crippen molar-refractivity contribution in [3.8, 4) is 0 Å². The number of ketones is 1. The fraction of sp³-hybridized carbons (Fsp3) is 0.478. The molecule has 0 bridgehead atoms. The van der Waals surface area contributed by atoms with E-state index in [0.29, 0.717) is 40.4 Å². The van der Waals surface area contributed by atoms with Gasteiger partial charge in [-0.3, -0.25) is 9.59 Å². The lowest BCUT2D eigenvalue weighted by molar-refractivity contribution is 0.0898. The maximum absolute atomic E-state index is 13.1. The summed E-state index contributed by atoms with van der Waals surface area (Å²) in [6.07, 6.45) is 1.11. The summed E-state index contributed by atoms with van der Waals surface area (Å²) in [4.78, 5) is 30.3. The highest BCUT2D eigenvalue weighted by Crippen LogP contribution is 2.39. The zero-order valence-corrected chi connectivity index (χ0v) is 18.7. The summed E-state index contributed by atoms with van der Waals surface area (Å²) >= 11 is 6.23. The third kappa shape index (κ3) is 3.98. The maximum Gasteiger partial charge on any atom is 0.291 e. The molecule has 0 radical (unpaired) electrons. The normalized spacial score (nSPS) is 19.0. The number of nitrogens with one attached hydrogen (secondary N) is 1. The minimum absolute atomic E-state index is 0.0439. The minimum atomic E-state index is -0.356. The van der Waals surface area contributed by atoms with E-state index in [0.717, 1.165) is 31.9 Å². The molecule has 0 atom stereocenters. The Hall–Kier alpha value is -2.31. The second-order valence-corrected chi connectivity index (χ2v) is 9.64. The Balaban J connectivity index is 1.63. The van der Waals surface area contributed by atoms with Crippen molar-refractivity contribution in [2.75, 3.05) is 43.4 Å². The third-order valence-corrected chi connectivity index (χ3v) is 6.27.